The van der Waals surface area contributed by atoms with Crippen molar-refractivity contribution in [3.05, 3.63) is 161 Å². The van der Waals surface area contributed by atoms with Crippen LogP contribution < -0.4 is 0 Å². The molecule has 226 valence electrons. The molecule has 2 aliphatic rings. The molecule has 1 nitrogen and oxygen atoms in total. The number of hydrogen-bond donors (Lipinski definition) is 0. The lowest BCUT2D eigenvalue weighted by molar-refractivity contribution is 0.596. The zero-order valence-corrected chi connectivity index (χ0v) is 27.1. The minimum absolute atomic E-state index is 0.147. The molecule has 0 bridgehead atoms. The monoisotopic (exact) mass is 604 g/mol. The first kappa shape index (κ1) is 27.9. The van der Waals surface area contributed by atoms with Crippen LogP contribution in [0, 0.1) is 6.92 Å². The highest BCUT2D eigenvalue weighted by molar-refractivity contribution is 6.27. The summed E-state index contributed by atoms with van der Waals surface area (Å²) >= 11 is 0. The van der Waals surface area contributed by atoms with Crippen LogP contribution in [0.5, 0.6) is 0 Å². The second-order valence-electron chi connectivity index (χ2n) is 12.8. The molecule has 10 rings (SSSR count). The Labute approximate surface area is 275 Å². The Morgan fingerprint density at radius 3 is 2.02 bits per heavy atom. The van der Waals surface area contributed by atoms with E-state index in [1.165, 1.54) is 82.2 Å². The van der Waals surface area contributed by atoms with Crippen molar-refractivity contribution >= 4 is 49.4 Å². The fourth-order valence-corrected chi connectivity index (χ4v) is 8.31. The number of aryl methyl sites for hydroxylation is 2. The molecule has 1 heterocycles. The van der Waals surface area contributed by atoms with Crippen molar-refractivity contribution in [2.24, 2.45) is 0 Å². The van der Waals surface area contributed by atoms with Gasteiger partial charge in [0, 0.05) is 22.4 Å². The summed E-state index contributed by atoms with van der Waals surface area (Å²) in [5.41, 5.74) is 12.8. The number of fused-ring (bicyclic) bond motifs is 13. The van der Waals surface area contributed by atoms with Gasteiger partial charge < -0.3 is 4.42 Å². The third-order valence-corrected chi connectivity index (χ3v) is 10.3. The van der Waals surface area contributed by atoms with Crippen LogP contribution in [0.1, 0.15) is 59.8 Å². The van der Waals surface area contributed by atoms with Crippen LogP contribution in [-0.4, -0.2) is 0 Å². The Hall–Kier alpha value is -5.40. The van der Waals surface area contributed by atoms with Gasteiger partial charge in [0.05, 0.1) is 0 Å². The predicted octanol–water partition coefficient (Wildman–Crippen LogP) is 13.0. The summed E-state index contributed by atoms with van der Waals surface area (Å²) in [4.78, 5) is 0. The van der Waals surface area contributed by atoms with E-state index in [0.29, 0.717) is 0 Å². The van der Waals surface area contributed by atoms with E-state index in [0.717, 1.165) is 29.7 Å². The zero-order chi connectivity index (χ0) is 31.6. The third kappa shape index (κ3) is 4.09. The largest absolute Gasteiger partial charge is 0.456 e. The fourth-order valence-electron chi connectivity index (χ4n) is 8.31. The molecule has 7 aromatic carbocycles. The summed E-state index contributed by atoms with van der Waals surface area (Å²) < 4.78 is 6.45. The molecule has 0 saturated heterocycles. The molecular formula is C46H36O. The second-order valence-corrected chi connectivity index (χ2v) is 12.8. The number of hydrogen-bond acceptors (Lipinski definition) is 1. The van der Waals surface area contributed by atoms with E-state index >= 15 is 0 Å². The summed E-state index contributed by atoms with van der Waals surface area (Å²) in [5.74, 6) is 1.16. The molecule has 0 amide bonds. The van der Waals surface area contributed by atoms with Crippen molar-refractivity contribution in [3.8, 4) is 22.3 Å². The molecule has 0 radical (unpaired) electrons. The van der Waals surface area contributed by atoms with E-state index in [2.05, 4.69) is 140 Å². The molecule has 47 heavy (non-hydrogen) atoms. The number of furan rings is 1. The highest BCUT2D eigenvalue weighted by atomic mass is 16.3. The van der Waals surface area contributed by atoms with Gasteiger partial charge in [0.2, 0.25) is 0 Å². The summed E-state index contributed by atoms with van der Waals surface area (Å²) in [7, 11) is 0. The predicted molar refractivity (Wildman–Crippen MR) is 200 cm³/mol. The molecule has 1 unspecified atom stereocenters. The smallest absolute Gasteiger partial charge is 0.142 e. The van der Waals surface area contributed by atoms with Crippen LogP contribution in [0.25, 0.3) is 71.6 Å². The van der Waals surface area contributed by atoms with Crippen molar-refractivity contribution in [1.82, 2.24) is 0 Å². The first-order valence-corrected chi connectivity index (χ1v) is 17.0. The Morgan fingerprint density at radius 1 is 0.596 bits per heavy atom. The minimum atomic E-state index is 0.147. The maximum absolute atomic E-state index is 6.45. The zero-order valence-electron chi connectivity index (χ0n) is 27.1. The summed E-state index contributed by atoms with van der Waals surface area (Å²) in [5, 5.41) is 9.24. The highest BCUT2D eigenvalue weighted by Gasteiger charge is 2.33. The molecule has 1 heteroatoms. The molecule has 0 aliphatic heterocycles. The highest BCUT2D eigenvalue weighted by Crippen LogP contribution is 2.53. The first-order chi connectivity index (χ1) is 23.2. The SMILES string of the molecule is CC.Cc1ccc2c(c1)C(c1ccc(-c3cccc4c5c(oc34)C=CCC5)cc1)c1c-2ccc2c3ccccc3c3ccccc3c12. The molecule has 8 aromatic rings. The van der Waals surface area contributed by atoms with Crippen molar-refractivity contribution in [2.45, 2.75) is 39.5 Å². The van der Waals surface area contributed by atoms with Crippen LogP contribution in [0.15, 0.2) is 132 Å². The van der Waals surface area contributed by atoms with Gasteiger partial charge >= 0.3 is 0 Å². The van der Waals surface area contributed by atoms with E-state index in [9.17, 15) is 0 Å². The Morgan fingerprint density at radius 2 is 1.26 bits per heavy atom. The van der Waals surface area contributed by atoms with E-state index in [1.54, 1.807) is 0 Å². The summed E-state index contributed by atoms with van der Waals surface area (Å²) in [6.07, 6.45) is 6.47. The van der Waals surface area contributed by atoms with Gasteiger partial charge in [-0.25, -0.2) is 0 Å². The van der Waals surface area contributed by atoms with Gasteiger partial charge in [0.1, 0.15) is 11.3 Å². The Balaban J connectivity index is 0.00000149. The average Bonchev–Trinajstić information content (AvgIpc) is 3.68. The summed E-state index contributed by atoms with van der Waals surface area (Å²) in [6.45, 7) is 6.21. The van der Waals surface area contributed by atoms with Gasteiger partial charge in [-0.05, 0) is 91.5 Å². The Bertz CT molecular complexity index is 2510. The topological polar surface area (TPSA) is 13.1 Å². The van der Waals surface area contributed by atoms with Crippen LogP contribution in [-0.2, 0) is 6.42 Å². The van der Waals surface area contributed by atoms with Crippen molar-refractivity contribution < 1.29 is 4.42 Å². The van der Waals surface area contributed by atoms with Crippen LogP contribution in [0.3, 0.4) is 0 Å². The maximum atomic E-state index is 6.45. The quantitative estimate of drug-likeness (QED) is 0.179. The van der Waals surface area contributed by atoms with Crippen molar-refractivity contribution in [1.29, 1.82) is 0 Å². The van der Waals surface area contributed by atoms with E-state index in [-0.39, 0.29) is 5.92 Å². The molecule has 0 spiro atoms. The number of benzene rings is 7. The van der Waals surface area contributed by atoms with Crippen LogP contribution >= 0.6 is 0 Å². The lowest BCUT2D eigenvalue weighted by Crippen LogP contribution is -2.01. The number of rotatable bonds is 2. The molecular weight excluding hydrogens is 569 g/mol. The average molecular weight is 605 g/mol. The van der Waals surface area contributed by atoms with E-state index in [1.807, 2.05) is 13.8 Å². The number of allylic oxidation sites excluding steroid dienone is 1. The fraction of sp³-hybridized carbons (Fsp3) is 0.130. The van der Waals surface area contributed by atoms with Gasteiger partial charge in [-0.1, -0.05) is 147 Å². The standard InChI is InChI=1S/C44H30O.C2H6/c1-26-17-22-33-37-24-23-36-32-11-3-2-9-30(32)31-10-4-5-13-35(31)42(36)43(37)41(39(33)25-26)28-20-18-27(19-21-28)29-14-8-15-38-34-12-6-7-16-40(34)45-44(29)38;1-2/h2-5,7-11,13-25,41H,6,12H2,1H3;1-2H3. The summed E-state index contributed by atoms with van der Waals surface area (Å²) in [6, 6.07) is 45.5. The first-order valence-electron chi connectivity index (χ1n) is 17.0. The number of para-hydroxylation sites is 1. The molecule has 0 saturated carbocycles. The van der Waals surface area contributed by atoms with Gasteiger partial charge in [0.15, 0.2) is 0 Å². The molecule has 0 N–H and O–H groups in total. The van der Waals surface area contributed by atoms with Gasteiger partial charge in [-0.2, -0.15) is 0 Å². The van der Waals surface area contributed by atoms with Crippen molar-refractivity contribution in [3.63, 3.8) is 0 Å². The van der Waals surface area contributed by atoms with Crippen LogP contribution in [0.2, 0.25) is 0 Å². The normalized spacial score (nSPS) is 14.7. The second kappa shape index (κ2) is 10.9. The van der Waals surface area contributed by atoms with Crippen LogP contribution in [0.4, 0.5) is 0 Å². The third-order valence-electron chi connectivity index (χ3n) is 10.3. The molecule has 0 fully saturated rings. The lowest BCUT2D eigenvalue weighted by atomic mass is 9.83. The molecule has 2 aliphatic carbocycles. The maximum Gasteiger partial charge on any atom is 0.142 e. The van der Waals surface area contributed by atoms with Gasteiger partial charge in [-0.15, -0.1) is 0 Å². The van der Waals surface area contributed by atoms with Gasteiger partial charge in [0.25, 0.3) is 0 Å². The van der Waals surface area contributed by atoms with Gasteiger partial charge in [-0.3, -0.25) is 0 Å². The van der Waals surface area contributed by atoms with Crippen molar-refractivity contribution in [2.75, 3.05) is 0 Å². The van der Waals surface area contributed by atoms with E-state index < -0.39 is 0 Å². The Kier molecular flexibility index (Phi) is 6.43. The minimum Gasteiger partial charge on any atom is -0.456 e. The van der Waals surface area contributed by atoms with E-state index in [4.69, 9.17) is 4.42 Å². The molecule has 1 atom stereocenters. The lowest BCUT2D eigenvalue weighted by Gasteiger charge is -2.20. The molecule has 1 aromatic heterocycles.